The summed E-state index contributed by atoms with van der Waals surface area (Å²) in [5.41, 5.74) is 0.969. The Morgan fingerprint density at radius 3 is 3.00 bits per heavy atom. The number of nitrogens with zero attached hydrogens (tertiary/aromatic N) is 2. The van der Waals surface area contributed by atoms with E-state index in [2.05, 4.69) is 22.7 Å². The van der Waals surface area contributed by atoms with Crippen molar-refractivity contribution in [1.82, 2.24) is 9.55 Å². The van der Waals surface area contributed by atoms with Crippen molar-refractivity contribution < 1.29 is 4.42 Å². The van der Waals surface area contributed by atoms with E-state index >= 15 is 0 Å². The van der Waals surface area contributed by atoms with Crippen molar-refractivity contribution in [3.8, 4) is 11.5 Å². The Balaban J connectivity index is 2.04. The summed E-state index contributed by atoms with van der Waals surface area (Å²) < 4.78 is 7.90. The van der Waals surface area contributed by atoms with E-state index in [9.17, 15) is 0 Å². The van der Waals surface area contributed by atoms with Gasteiger partial charge in [-0.05, 0) is 38.8 Å². The van der Waals surface area contributed by atoms with Crippen LogP contribution in [0.4, 0.5) is 0 Å². The minimum absolute atomic E-state index is 0.570. The summed E-state index contributed by atoms with van der Waals surface area (Å²) in [6.07, 6.45) is 5.70. The molecule has 0 aliphatic carbocycles. The zero-order chi connectivity index (χ0) is 11.1. The van der Waals surface area contributed by atoms with Crippen LogP contribution < -0.4 is 0 Å². The van der Waals surface area contributed by atoms with Crippen LogP contribution in [0, 0.1) is 6.92 Å². The maximum absolute atomic E-state index is 5.61. The van der Waals surface area contributed by atoms with Gasteiger partial charge in [0.1, 0.15) is 17.3 Å². The lowest BCUT2D eigenvalue weighted by Crippen LogP contribution is -2.14. The van der Waals surface area contributed by atoms with Crippen molar-refractivity contribution in [3.05, 3.63) is 29.9 Å². The predicted octanol–water partition coefficient (Wildman–Crippen LogP) is 3.35. The predicted molar refractivity (Wildman–Crippen MR) is 62.3 cm³/mol. The number of aryl methyl sites for hydroxylation is 2. The molecule has 2 aromatic heterocycles. The fourth-order valence-corrected chi connectivity index (χ4v) is 2.38. The molecule has 3 heterocycles. The van der Waals surface area contributed by atoms with Gasteiger partial charge >= 0.3 is 0 Å². The molecule has 0 saturated heterocycles. The highest BCUT2D eigenvalue weighted by Crippen LogP contribution is 2.28. The molecule has 0 aromatic carbocycles. The van der Waals surface area contributed by atoms with Crippen molar-refractivity contribution in [2.45, 2.75) is 39.2 Å². The fourth-order valence-electron chi connectivity index (χ4n) is 2.38. The van der Waals surface area contributed by atoms with Gasteiger partial charge in [-0.1, -0.05) is 0 Å². The second-order valence-electron chi connectivity index (χ2n) is 4.60. The van der Waals surface area contributed by atoms with Crippen LogP contribution in [-0.4, -0.2) is 9.55 Å². The number of aromatic nitrogens is 2. The normalized spacial score (nSPS) is 19.8. The van der Waals surface area contributed by atoms with Gasteiger partial charge in [-0.15, -0.1) is 0 Å². The third-order valence-corrected chi connectivity index (χ3v) is 3.30. The van der Waals surface area contributed by atoms with Gasteiger partial charge in [-0.2, -0.15) is 0 Å². The molecular weight excluding hydrogens is 200 g/mol. The van der Waals surface area contributed by atoms with Gasteiger partial charge in [-0.25, -0.2) is 4.98 Å². The van der Waals surface area contributed by atoms with E-state index in [0.717, 1.165) is 23.6 Å². The quantitative estimate of drug-likeness (QED) is 0.732. The summed E-state index contributed by atoms with van der Waals surface area (Å²) in [7, 11) is 0. The number of fused-ring (bicyclic) bond motifs is 1. The third-order valence-electron chi connectivity index (χ3n) is 3.30. The number of rotatable bonds is 1. The number of hydrogen-bond donors (Lipinski definition) is 0. The second kappa shape index (κ2) is 3.51. The minimum Gasteiger partial charge on any atom is -0.460 e. The van der Waals surface area contributed by atoms with Gasteiger partial charge in [0.2, 0.25) is 0 Å². The highest BCUT2D eigenvalue weighted by Gasteiger charge is 2.19. The van der Waals surface area contributed by atoms with E-state index in [1.807, 2.05) is 19.1 Å². The van der Waals surface area contributed by atoms with Crippen molar-refractivity contribution in [2.75, 3.05) is 0 Å². The van der Waals surface area contributed by atoms with E-state index in [0.29, 0.717) is 6.04 Å². The average Bonchev–Trinajstić information content (AvgIpc) is 2.84. The van der Waals surface area contributed by atoms with Gasteiger partial charge in [0.05, 0.1) is 0 Å². The van der Waals surface area contributed by atoms with Crippen LogP contribution in [0.1, 0.15) is 37.4 Å². The fraction of sp³-hybridized carbons (Fsp3) is 0.462. The Labute approximate surface area is 95.1 Å². The standard InChI is InChI=1S/C13H16N2O/c1-9-4-3-5-13-14-11(8-15(9)13)12-7-6-10(2)16-12/h6-9H,3-5H2,1-2H3. The molecule has 2 aromatic rings. The van der Waals surface area contributed by atoms with E-state index in [4.69, 9.17) is 4.42 Å². The molecule has 1 aliphatic rings. The first kappa shape index (κ1) is 9.70. The SMILES string of the molecule is Cc1ccc(-c2cn3c(n2)CCCC3C)o1. The van der Waals surface area contributed by atoms with Crippen LogP contribution in [0.15, 0.2) is 22.7 Å². The molecule has 3 heteroatoms. The molecule has 0 spiro atoms. The molecule has 1 aliphatic heterocycles. The molecule has 0 saturated carbocycles. The van der Waals surface area contributed by atoms with Gasteiger partial charge in [-0.3, -0.25) is 0 Å². The lowest BCUT2D eigenvalue weighted by molar-refractivity contribution is 0.426. The molecule has 0 fully saturated rings. The van der Waals surface area contributed by atoms with Crippen molar-refractivity contribution in [3.63, 3.8) is 0 Å². The zero-order valence-electron chi connectivity index (χ0n) is 9.73. The summed E-state index contributed by atoms with van der Waals surface area (Å²) in [6.45, 7) is 4.21. The summed E-state index contributed by atoms with van der Waals surface area (Å²) in [5, 5.41) is 0. The van der Waals surface area contributed by atoms with Gasteiger partial charge in [0.25, 0.3) is 0 Å². The van der Waals surface area contributed by atoms with Crippen molar-refractivity contribution in [1.29, 1.82) is 0 Å². The van der Waals surface area contributed by atoms with Crippen LogP contribution in [0.5, 0.6) is 0 Å². The van der Waals surface area contributed by atoms with Crippen LogP contribution in [0.25, 0.3) is 11.5 Å². The molecule has 3 nitrogen and oxygen atoms in total. The lowest BCUT2D eigenvalue weighted by atomic mass is 10.1. The molecule has 1 atom stereocenters. The molecule has 3 rings (SSSR count). The van der Waals surface area contributed by atoms with Crippen LogP contribution in [0.3, 0.4) is 0 Å². The minimum atomic E-state index is 0.570. The van der Waals surface area contributed by atoms with Crippen LogP contribution >= 0.6 is 0 Å². The van der Waals surface area contributed by atoms with Gasteiger partial charge in [0.15, 0.2) is 5.76 Å². The van der Waals surface area contributed by atoms with E-state index in [1.54, 1.807) is 0 Å². The number of imidazole rings is 1. The molecule has 16 heavy (non-hydrogen) atoms. The maximum atomic E-state index is 5.61. The topological polar surface area (TPSA) is 31.0 Å². The Bertz CT molecular complexity index is 510. The van der Waals surface area contributed by atoms with E-state index < -0.39 is 0 Å². The Hall–Kier alpha value is -1.51. The third kappa shape index (κ3) is 1.47. The van der Waals surface area contributed by atoms with Crippen LogP contribution in [-0.2, 0) is 6.42 Å². The molecule has 0 N–H and O–H groups in total. The number of furan rings is 1. The Kier molecular flexibility index (Phi) is 2.13. The molecular formula is C13H16N2O. The summed E-state index contributed by atoms with van der Waals surface area (Å²) in [5.74, 6) is 3.02. The molecule has 84 valence electrons. The summed E-state index contributed by atoms with van der Waals surface area (Å²) in [6, 6.07) is 4.55. The second-order valence-corrected chi connectivity index (χ2v) is 4.60. The Morgan fingerprint density at radius 1 is 1.44 bits per heavy atom. The van der Waals surface area contributed by atoms with E-state index in [-0.39, 0.29) is 0 Å². The summed E-state index contributed by atoms with van der Waals surface area (Å²) >= 11 is 0. The molecule has 0 amide bonds. The van der Waals surface area contributed by atoms with Crippen LogP contribution in [0.2, 0.25) is 0 Å². The summed E-state index contributed by atoms with van der Waals surface area (Å²) in [4.78, 5) is 4.65. The lowest BCUT2D eigenvalue weighted by Gasteiger charge is -2.20. The highest BCUT2D eigenvalue weighted by molar-refractivity contribution is 5.51. The largest absolute Gasteiger partial charge is 0.460 e. The first-order chi connectivity index (χ1) is 7.74. The molecule has 0 radical (unpaired) electrons. The van der Waals surface area contributed by atoms with Crippen molar-refractivity contribution in [2.24, 2.45) is 0 Å². The van der Waals surface area contributed by atoms with Gasteiger partial charge in [0, 0.05) is 18.7 Å². The zero-order valence-corrected chi connectivity index (χ0v) is 9.73. The maximum Gasteiger partial charge on any atom is 0.154 e. The van der Waals surface area contributed by atoms with E-state index in [1.165, 1.54) is 18.7 Å². The Morgan fingerprint density at radius 2 is 2.31 bits per heavy atom. The van der Waals surface area contributed by atoms with Gasteiger partial charge < -0.3 is 8.98 Å². The monoisotopic (exact) mass is 216 g/mol. The number of hydrogen-bond acceptors (Lipinski definition) is 2. The smallest absolute Gasteiger partial charge is 0.154 e. The van der Waals surface area contributed by atoms with Crippen molar-refractivity contribution >= 4 is 0 Å². The first-order valence-corrected chi connectivity index (χ1v) is 5.88. The average molecular weight is 216 g/mol. The molecule has 1 unspecified atom stereocenters. The molecule has 0 bridgehead atoms. The highest BCUT2D eigenvalue weighted by atomic mass is 16.3. The first-order valence-electron chi connectivity index (χ1n) is 5.88.